The number of hydrogen-bond acceptors (Lipinski definition) is 5. The minimum atomic E-state index is -0.975. The van der Waals surface area contributed by atoms with E-state index in [0.717, 1.165) is 10.4 Å². The summed E-state index contributed by atoms with van der Waals surface area (Å²) in [6.45, 7) is 7.62. The first kappa shape index (κ1) is 25.1. The van der Waals surface area contributed by atoms with Crippen LogP contribution < -0.4 is 16.0 Å². The number of pyridine rings is 1. The lowest BCUT2D eigenvalue weighted by Crippen LogP contribution is -2.52. The second kappa shape index (κ2) is 12.1. The molecule has 3 aromatic rings. The Kier molecular flexibility index (Phi) is 8.93. The van der Waals surface area contributed by atoms with Crippen LogP contribution in [0.1, 0.15) is 46.7 Å². The number of carbonyl (C=O) groups is 3. The first-order chi connectivity index (χ1) is 16.3. The molecule has 2 heterocycles. The third-order valence-corrected chi connectivity index (χ3v) is 5.88. The van der Waals surface area contributed by atoms with E-state index < -0.39 is 17.9 Å². The van der Waals surface area contributed by atoms with Crippen molar-refractivity contribution in [2.24, 2.45) is 5.92 Å². The molecule has 0 fully saturated rings. The van der Waals surface area contributed by atoms with E-state index in [-0.39, 0.29) is 18.1 Å². The van der Waals surface area contributed by atoms with Crippen molar-refractivity contribution in [3.63, 3.8) is 0 Å². The highest BCUT2D eigenvalue weighted by Gasteiger charge is 2.23. The van der Waals surface area contributed by atoms with Gasteiger partial charge >= 0.3 is 0 Å². The van der Waals surface area contributed by atoms with Gasteiger partial charge in [-0.05, 0) is 55.0 Å². The summed E-state index contributed by atoms with van der Waals surface area (Å²) in [5.41, 5.74) is 2.40. The zero-order chi connectivity index (χ0) is 24.5. The molecule has 0 aliphatic carbocycles. The first-order valence-corrected chi connectivity index (χ1v) is 12.0. The fourth-order valence-corrected chi connectivity index (χ4v) is 3.76. The average Bonchev–Trinajstić information content (AvgIpc) is 3.37. The number of aromatic nitrogens is 1. The summed E-state index contributed by atoms with van der Waals surface area (Å²) in [6, 6.07) is 15.2. The second-order valence-electron chi connectivity index (χ2n) is 8.33. The zero-order valence-electron chi connectivity index (χ0n) is 19.5. The quantitative estimate of drug-likeness (QED) is 0.411. The van der Waals surface area contributed by atoms with Gasteiger partial charge in [0.15, 0.2) is 0 Å². The van der Waals surface area contributed by atoms with Gasteiger partial charge in [-0.2, -0.15) is 0 Å². The molecule has 2 aromatic heterocycles. The van der Waals surface area contributed by atoms with Gasteiger partial charge in [-0.1, -0.05) is 43.7 Å². The first-order valence-electron chi connectivity index (χ1n) is 11.1. The molecule has 8 heteroatoms. The minimum absolute atomic E-state index is 0.0651. The lowest BCUT2D eigenvalue weighted by molar-refractivity contribution is -0.122. The monoisotopic (exact) mass is 477 g/mol. The van der Waals surface area contributed by atoms with Crippen LogP contribution in [0.25, 0.3) is 10.6 Å². The normalized spacial score (nSPS) is 11.6. The summed E-state index contributed by atoms with van der Waals surface area (Å²) in [5, 5.41) is 10.1. The number of nitrogens with one attached hydrogen (secondary N) is 3. The molecule has 1 aromatic carbocycles. The summed E-state index contributed by atoms with van der Waals surface area (Å²) in [7, 11) is 0. The number of aryl methyl sites for hydroxylation is 1. The Labute approximate surface area is 204 Å². The van der Waals surface area contributed by atoms with Crippen molar-refractivity contribution in [1.29, 1.82) is 0 Å². The van der Waals surface area contributed by atoms with Gasteiger partial charge in [0.2, 0.25) is 5.91 Å². The van der Waals surface area contributed by atoms with Gasteiger partial charge in [0.25, 0.3) is 11.8 Å². The van der Waals surface area contributed by atoms with E-state index in [2.05, 4.69) is 20.9 Å². The summed E-state index contributed by atoms with van der Waals surface area (Å²) in [4.78, 5) is 43.7. The lowest BCUT2D eigenvalue weighted by Gasteiger charge is -2.19. The van der Waals surface area contributed by atoms with Gasteiger partial charge in [0, 0.05) is 18.7 Å². The van der Waals surface area contributed by atoms with E-state index in [1.54, 1.807) is 30.8 Å². The van der Waals surface area contributed by atoms with E-state index in [9.17, 15) is 14.4 Å². The van der Waals surface area contributed by atoms with Crippen molar-refractivity contribution in [1.82, 2.24) is 20.9 Å². The van der Waals surface area contributed by atoms with Gasteiger partial charge in [-0.15, -0.1) is 11.3 Å². The summed E-state index contributed by atoms with van der Waals surface area (Å²) in [5.74, 6) is -0.852. The maximum atomic E-state index is 12.9. The SMILES string of the molecule is Cc1ccc(C(=O)NC[C@H](NC(=O)c2cccc(-c3cccs3)n2)C(=O)N[CH]CC(C)C)cc1. The molecule has 1 atom stereocenters. The number of amides is 3. The fraction of sp³-hybridized carbons (Fsp3) is 0.269. The minimum Gasteiger partial charge on any atom is -0.349 e. The standard InChI is InChI=1S/C26H29N4O3S/c1-17(2)13-14-27-25(32)22(16-28-24(31)19-11-9-18(3)10-12-19)30-26(33)21-7-4-6-20(29-21)23-8-5-15-34-23/h4-12,14-15,17,22H,13,16H2,1-3H3,(H,27,32)(H,28,31)(H,30,33)/t22-/m0/s1. The second-order valence-corrected chi connectivity index (χ2v) is 9.28. The fourth-order valence-electron chi connectivity index (χ4n) is 3.06. The van der Waals surface area contributed by atoms with E-state index in [1.165, 1.54) is 11.3 Å². The van der Waals surface area contributed by atoms with Crippen molar-refractivity contribution >= 4 is 29.1 Å². The topological polar surface area (TPSA) is 100 Å². The molecule has 0 saturated heterocycles. The van der Waals surface area contributed by atoms with Crippen LogP contribution in [0, 0.1) is 19.4 Å². The molecule has 0 unspecified atom stereocenters. The predicted molar refractivity (Wildman–Crippen MR) is 134 cm³/mol. The van der Waals surface area contributed by atoms with Gasteiger partial charge in [-0.25, -0.2) is 4.98 Å². The van der Waals surface area contributed by atoms with Crippen LogP contribution in [0.4, 0.5) is 0 Å². The smallest absolute Gasteiger partial charge is 0.270 e. The van der Waals surface area contributed by atoms with E-state index >= 15 is 0 Å². The van der Waals surface area contributed by atoms with Crippen LogP contribution in [-0.4, -0.2) is 35.3 Å². The molecule has 0 spiro atoms. The van der Waals surface area contributed by atoms with Crippen molar-refractivity contribution in [3.05, 3.63) is 83.3 Å². The number of carbonyl (C=O) groups excluding carboxylic acids is 3. The molecule has 0 aliphatic heterocycles. The molecule has 3 amide bonds. The largest absolute Gasteiger partial charge is 0.349 e. The van der Waals surface area contributed by atoms with E-state index in [0.29, 0.717) is 23.6 Å². The zero-order valence-corrected chi connectivity index (χ0v) is 20.3. The summed E-state index contributed by atoms with van der Waals surface area (Å²) >= 11 is 1.53. The predicted octanol–water partition coefficient (Wildman–Crippen LogP) is 3.97. The lowest BCUT2D eigenvalue weighted by atomic mass is 10.1. The Hall–Kier alpha value is -3.52. The van der Waals surface area contributed by atoms with Gasteiger partial charge < -0.3 is 16.0 Å². The number of hydrogen-bond donors (Lipinski definition) is 3. The number of rotatable bonds is 10. The highest BCUT2D eigenvalue weighted by molar-refractivity contribution is 7.13. The summed E-state index contributed by atoms with van der Waals surface area (Å²) < 4.78 is 0. The Morgan fingerprint density at radius 2 is 1.76 bits per heavy atom. The Bertz CT molecular complexity index is 1110. The number of nitrogens with zero attached hydrogens (tertiary/aromatic N) is 1. The molecule has 177 valence electrons. The molecular formula is C26H29N4O3S. The molecule has 34 heavy (non-hydrogen) atoms. The maximum Gasteiger partial charge on any atom is 0.270 e. The van der Waals surface area contributed by atoms with Crippen molar-refractivity contribution in [2.75, 3.05) is 6.54 Å². The number of benzene rings is 1. The third kappa shape index (κ3) is 7.25. The Balaban J connectivity index is 1.70. The molecular weight excluding hydrogens is 448 g/mol. The highest BCUT2D eigenvalue weighted by Crippen LogP contribution is 2.22. The van der Waals surface area contributed by atoms with Crippen LogP contribution in [0.15, 0.2) is 60.0 Å². The van der Waals surface area contributed by atoms with Gasteiger partial charge in [0.05, 0.1) is 10.6 Å². The molecule has 3 rings (SSSR count). The van der Waals surface area contributed by atoms with Crippen LogP contribution >= 0.6 is 11.3 Å². The van der Waals surface area contributed by atoms with Gasteiger partial charge in [0.1, 0.15) is 11.7 Å². The van der Waals surface area contributed by atoms with Crippen molar-refractivity contribution in [2.45, 2.75) is 33.2 Å². The number of thiophene rings is 1. The summed E-state index contributed by atoms with van der Waals surface area (Å²) in [6.07, 6.45) is 0.687. The van der Waals surface area contributed by atoms with Crippen molar-refractivity contribution < 1.29 is 14.4 Å². The third-order valence-electron chi connectivity index (χ3n) is 4.99. The van der Waals surface area contributed by atoms with Crippen LogP contribution in [0.5, 0.6) is 0 Å². The molecule has 0 saturated carbocycles. The molecule has 3 N–H and O–H groups in total. The van der Waals surface area contributed by atoms with E-state index in [1.807, 2.05) is 56.5 Å². The van der Waals surface area contributed by atoms with E-state index in [4.69, 9.17) is 0 Å². The van der Waals surface area contributed by atoms with Crippen LogP contribution in [-0.2, 0) is 4.79 Å². The molecule has 0 bridgehead atoms. The van der Waals surface area contributed by atoms with Crippen LogP contribution in [0.3, 0.4) is 0 Å². The van der Waals surface area contributed by atoms with Crippen molar-refractivity contribution in [3.8, 4) is 10.6 Å². The Morgan fingerprint density at radius 3 is 2.44 bits per heavy atom. The maximum absolute atomic E-state index is 12.9. The molecule has 0 aliphatic rings. The highest BCUT2D eigenvalue weighted by atomic mass is 32.1. The van der Waals surface area contributed by atoms with Gasteiger partial charge in [-0.3, -0.25) is 14.4 Å². The van der Waals surface area contributed by atoms with Crippen LogP contribution in [0.2, 0.25) is 0 Å². The average molecular weight is 478 g/mol. The molecule has 7 nitrogen and oxygen atoms in total. The molecule has 1 radical (unpaired) electrons. The Morgan fingerprint density at radius 1 is 1.00 bits per heavy atom.